The molecule has 0 saturated heterocycles. The normalized spacial score (nSPS) is 13.8. The molecule has 2 N–H and O–H groups in total. The number of nitrogens with one attached hydrogen (secondary N) is 1. The monoisotopic (exact) mass is 299 g/mol. The Morgan fingerprint density at radius 2 is 2.11 bits per heavy atom. The van der Waals surface area contributed by atoms with Gasteiger partial charge in [0, 0.05) is 11.5 Å². The van der Waals surface area contributed by atoms with Gasteiger partial charge in [0.1, 0.15) is 0 Å². The third-order valence-corrected chi connectivity index (χ3v) is 4.03. The standard InChI is InChI=1S/C14H21NO2S2/c1-19-10-13(8-16)15-14(17)12(9-18)7-11-5-3-2-4-6-11/h2-6,12-13,16,18H,7-10H2,1H3,(H,15,17)/t12-,13+/m0/s1. The quantitative estimate of drug-likeness (QED) is 0.639. The Labute approximate surface area is 124 Å². The molecule has 2 atom stereocenters. The highest BCUT2D eigenvalue weighted by Crippen LogP contribution is 2.11. The number of thioether (sulfide) groups is 1. The van der Waals surface area contributed by atoms with Crippen LogP contribution in [0.2, 0.25) is 0 Å². The van der Waals surface area contributed by atoms with E-state index in [1.54, 1.807) is 11.8 Å². The average molecular weight is 299 g/mol. The molecule has 5 heteroatoms. The van der Waals surface area contributed by atoms with Crippen LogP contribution in [0.25, 0.3) is 0 Å². The Morgan fingerprint density at radius 3 is 2.63 bits per heavy atom. The van der Waals surface area contributed by atoms with Gasteiger partial charge in [0.25, 0.3) is 0 Å². The maximum atomic E-state index is 12.1. The van der Waals surface area contributed by atoms with Crippen molar-refractivity contribution in [3.8, 4) is 0 Å². The highest BCUT2D eigenvalue weighted by atomic mass is 32.2. The van der Waals surface area contributed by atoms with Gasteiger partial charge in [-0.2, -0.15) is 24.4 Å². The molecule has 106 valence electrons. The molecule has 0 bridgehead atoms. The van der Waals surface area contributed by atoms with Crippen LogP contribution in [0.4, 0.5) is 0 Å². The number of carbonyl (C=O) groups excluding carboxylic acids is 1. The lowest BCUT2D eigenvalue weighted by Gasteiger charge is -2.20. The number of benzene rings is 1. The molecule has 1 rings (SSSR count). The summed E-state index contributed by atoms with van der Waals surface area (Å²) in [5.74, 6) is 1.01. The smallest absolute Gasteiger partial charge is 0.224 e. The Balaban J connectivity index is 2.56. The number of thiol groups is 1. The van der Waals surface area contributed by atoms with Gasteiger partial charge in [0.15, 0.2) is 0 Å². The Bertz CT molecular complexity index is 373. The van der Waals surface area contributed by atoms with Gasteiger partial charge in [-0.25, -0.2) is 0 Å². The van der Waals surface area contributed by atoms with Crippen molar-refractivity contribution in [1.82, 2.24) is 5.32 Å². The summed E-state index contributed by atoms with van der Waals surface area (Å²) in [5.41, 5.74) is 1.13. The van der Waals surface area contributed by atoms with Crippen LogP contribution in [0.5, 0.6) is 0 Å². The first-order chi connectivity index (χ1) is 9.21. The summed E-state index contributed by atoms with van der Waals surface area (Å²) >= 11 is 5.87. The molecule has 1 aromatic carbocycles. The Kier molecular flexibility index (Phi) is 8.02. The van der Waals surface area contributed by atoms with Crippen LogP contribution < -0.4 is 5.32 Å². The number of aliphatic hydroxyl groups is 1. The van der Waals surface area contributed by atoms with Crippen molar-refractivity contribution in [2.24, 2.45) is 5.92 Å². The number of amides is 1. The highest BCUT2D eigenvalue weighted by Gasteiger charge is 2.20. The summed E-state index contributed by atoms with van der Waals surface area (Å²) in [4.78, 5) is 12.1. The fourth-order valence-corrected chi connectivity index (χ4v) is 2.69. The minimum absolute atomic E-state index is 0.0305. The van der Waals surface area contributed by atoms with Crippen LogP contribution in [0, 0.1) is 5.92 Å². The van der Waals surface area contributed by atoms with Gasteiger partial charge in [-0.3, -0.25) is 4.79 Å². The minimum atomic E-state index is -0.180. The van der Waals surface area contributed by atoms with Crippen LogP contribution in [-0.4, -0.2) is 41.4 Å². The van der Waals surface area contributed by atoms with E-state index in [-0.39, 0.29) is 24.5 Å². The lowest BCUT2D eigenvalue weighted by molar-refractivity contribution is -0.125. The molecule has 0 heterocycles. The third-order valence-electron chi connectivity index (χ3n) is 2.85. The number of aliphatic hydroxyl groups excluding tert-OH is 1. The Morgan fingerprint density at radius 1 is 1.42 bits per heavy atom. The summed E-state index contributed by atoms with van der Waals surface area (Å²) in [7, 11) is 0. The van der Waals surface area contributed by atoms with Crippen LogP contribution in [0.3, 0.4) is 0 Å². The van der Waals surface area contributed by atoms with E-state index < -0.39 is 0 Å². The van der Waals surface area contributed by atoms with Gasteiger partial charge in [0.05, 0.1) is 18.6 Å². The van der Waals surface area contributed by atoms with E-state index in [0.717, 1.165) is 5.56 Å². The van der Waals surface area contributed by atoms with E-state index in [0.29, 0.717) is 17.9 Å². The van der Waals surface area contributed by atoms with Crippen LogP contribution in [0.1, 0.15) is 5.56 Å². The summed E-state index contributed by atoms with van der Waals surface area (Å²) in [5, 5.41) is 12.1. The molecule has 0 radical (unpaired) electrons. The number of hydrogen-bond acceptors (Lipinski definition) is 4. The fourth-order valence-electron chi connectivity index (χ4n) is 1.80. The first kappa shape index (κ1) is 16.4. The number of carbonyl (C=O) groups is 1. The number of hydrogen-bond donors (Lipinski definition) is 3. The zero-order chi connectivity index (χ0) is 14.1. The number of rotatable bonds is 8. The van der Waals surface area contributed by atoms with Gasteiger partial charge >= 0.3 is 0 Å². The average Bonchev–Trinajstić information content (AvgIpc) is 2.45. The molecule has 0 aliphatic carbocycles. The molecule has 0 aromatic heterocycles. The molecular weight excluding hydrogens is 278 g/mol. The second kappa shape index (κ2) is 9.28. The minimum Gasteiger partial charge on any atom is -0.394 e. The van der Waals surface area contributed by atoms with Crippen molar-refractivity contribution >= 4 is 30.3 Å². The molecular formula is C14H21NO2S2. The van der Waals surface area contributed by atoms with Gasteiger partial charge in [-0.1, -0.05) is 30.3 Å². The molecule has 3 nitrogen and oxygen atoms in total. The molecule has 0 spiro atoms. The lowest BCUT2D eigenvalue weighted by atomic mass is 10.00. The van der Waals surface area contributed by atoms with Gasteiger partial charge < -0.3 is 10.4 Å². The second-order valence-corrected chi connectivity index (χ2v) is 5.69. The van der Waals surface area contributed by atoms with Crippen molar-refractivity contribution in [2.75, 3.05) is 24.4 Å². The molecule has 1 amide bonds. The summed E-state index contributed by atoms with van der Waals surface area (Å²) in [6, 6.07) is 9.73. The maximum Gasteiger partial charge on any atom is 0.224 e. The SMILES string of the molecule is CSC[C@@H](CO)NC(=O)[C@H](CS)Cc1ccccc1. The molecule has 0 saturated carbocycles. The lowest BCUT2D eigenvalue weighted by Crippen LogP contribution is -2.43. The summed E-state index contributed by atoms with van der Waals surface area (Å²) in [6.45, 7) is -0.0305. The molecule has 0 aliphatic rings. The summed E-state index contributed by atoms with van der Waals surface area (Å²) in [6.07, 6.45) is 2.63. The van der Waals surface area contributed by atoms with Crippen molar-refractivity contribution < 1.29 is 9.90 Å². The van der Waals surface area contributed by atoms with Crippen LogP contribution >= 0.6 is 24.4 Å². The van der Waals surface area contributed by atoms with E-state index in [1.165, 1.54) is 0 Å². The van der Waals surface area contributed by atoms with Crippen molar-refractivity contribution in [3.63, 3.8) is 0 Å². The molecule has 0 fully saturated rings. The van der Waals surface area contributed by atoms with Crippen LogP contribution in [0.15, 0.2) is 30.3 Å². The first-order valence-electron chi connectivity index (χ1n) is 6.26. The van der Waals surface area contributed by atoms with Gasteiger partial charge in [-0.15, -0.1) is 0 Å². The largest absolute Gasteiger partial charge is 0.394 e. The predicted octanol–water partition coefficient (Wildman–Crippen LogP) is 1.62. The second-order valence-electron chi connectivity index (χ2n) is 4.41. The van der Waals surface area contributed by atoms with Crippen molar-refractivity contribution in [1.29, 1.82) is 0 Å². The summed E-state index contributed by atoms with van der Waals surface area (Å²) < 4.78 is 0. The maximum absolute atomic E-state index is 12.1. The molecule has 0 unspecified atom stereocenters. The van der Waals surface area contributed by atoms with Gasteiger partial charge in [-0.05, 0) is 18.2 Å². The van der Waals surface area contributed by atoms with E-state index in [2.05, 4.69) is 17.9 Å². The fraction of sp³-hybridized carbons (Fsp3) is 0.500. The highest BCUT2D eigenvalue weighted by molar-refractivity contribution is 7.98. The zero-order valence-electron chi connectivity index (χ0n) is 11.1. The van der Waals surface area contributed by atoms with E-state index in [1.807, 2.05) is 36.6 Å². The van der Waals surface area contributed by atoms with Crippen molar-refractivity contribution in [3.05, 3.63) is 35.9 Å². The van der Waals surface area contributed by atoms with E-state index in [9.17, 15) is 9.90 Å². The van der Waals surface area contributed by atoms with Gasteiger partial charge in [0.2, 0.25) is 5.91 Å². The molecule has 0 aliphatic heterocycles. The third kappa shape index (κ3) is 5.89. The van der Waals surface area contributed by atoms with Crippen LogP contribution in [-0.2, 0) is 11.2 Å². The predicted molar refractivity (Wildman–Crippen MR) is 84.9 cm³/mol. The van der Waals surface area contributed by atoms with E-state index >= 15 is 0 Å². The molecule has 1 aromatic rings. The van der Waals surface area contributed by atoms with Crippen molar-refractivity contribution in [2.45, 2.75) is 12.5 Å². The first-order valence-corrected chi connectivity index (χ1v) is 8.28. The van der Waals surface area contributed by atoms with E-state index in [4.69, 9.17) is 0 Å². The Hall–Kier alpha value is -0.650. The molecule has 19 heavy (non-hydrogen) atoms. The topological polar surface area (TPSA) is 49.3 Å². The zero-order valence-corrected chi connectivity index (χ0v) is 12.8.